The average Bonchev–Trinajstić information content (AvgIpc) is 2.36. The molecule has 1 heterocycles. The van der Waals surface area contributed by atoms with Crippen LogP contribution in [0.1, 0.15) is 5.69 Å². The predicted molar refractivity (Wildman–Crippen MR) is 64.2 cm³/mol. The fourth-order valence-corrected chi connectivity index (χ4v) is 1.22. The Kier molecular flexibility index (Phi) is 6.38. The van der Waals surface area contributed by atoms with E-state index in [0.717, 1.165) is 0 Å². The summed E-state index contributed by atoms with van der Waals surface area (Å²) >= 11 is 4.97. The van der Waals surface area contributed by atoms with Crippen molar-refractivity contribution >= 4 is 17.5 Å². The SMILES string of the molecule is COCCOc1ccnc(CNC(=O)C(F)Cl)c1. The van der Waals surface area contributed by atoms with E-state index >= 15 is 0 Å². The van der Waals surface area contributed by atoms with Crippen molar-refractivity contribution in [3.63, 3.8) is 0 Å². The molecule has 1 unspecified atom stereocenters. The van der Waals surface area contributed by atoms with E-state index in [2.05, 4.69) is 10.3 Å². The van der Waals surface area contributed by atoms with Gasteiger partial charge in [-0.3, -0.25) is 9.78 Å². The van der Waals surface area contributed by atoms with Crippen molar-refractivity contribution in [2.45, 2.75) is 12.2 Å². The van der Waals surface area contributed by atoms with Gasteiger partial charge in [0.25, 0.3) is 11.5 Å². The topological polar surface area (TPSA) is 60.5 Å². The van der Waals surface area contributed by atoms with E-state index in [9.17, 15) is 9.18 Å². The van der Waals surface area contributed by atoms with Crippen LogP contribution < -0.4 is 10.1 Å². The molecule has 1 aromatic heterocycles. The molecule has 1 rings (SSSR count). The molecule has 0 fully saturated rings. The lowest BCUT2D eigenvalue weighted by Gasteiger charge is -2.08. The molecule has 0 saturated carbocycles. The van der Waals surface area contributed by atoms with Gasteiger partial charge in [0.2, 0.25) is 0 Å². The second kappa shape index (κ2) is 7.84. The number of nitrogens with one attached hydrogen (secondary N) is 1. The van der Waals surface area contributed by atoms with E-state index in [1.807, 2.05) is 0 Å². The van der Waals surface area contributed by atoms with Crippen LogP contribution in [0.4, 0.5) is 4.39 Å². The highest BCUT2D eigenvalue weighted by Gasteiger charge is 2.12. The second-order valence-corrected chi connectivity index (χ2v) is 3.73. The molecule has 0 aliphatic rings. The van der Waals surface area contributed by atoms with Crippen molar-refractivity contribution in [1.82, 2.24) is 10.3 Å². The van der Waals surface area contributed by atoms with Gasteiger partial charge < -0.3 is 14.8 Å². The van der Waals surface area contributed by atoms with Gasteiger partial charge in [-0.1, -0.05) is 11.6 Å². The van der Waals surface area contributed by atoms with E-state index in [4.69, 9.17) is 21.1 Å². The number of nitrogens with zero attached hydrogens (tertiary/aromatic N) is 1. The summed E-state index contributed by atoms with van der Waals surface area (Å²) in [6.45, 7) is 0.984. The Morgan fingerprint density at radius 1 is 1.61 bits per heavy atom. The summed E-state index contributed by atoms with van der Waals surface area (Å²) < 4.78 is 22.6. The third kappa shape index (κ3) is 5.29. The molecule has 1 amide bonds. The number of pyridine rings is 1. The minimum Gasteiger partial charge on any atom is -0.491 e. The molecule has 0 spiro atoms. The third-order valence-electron chi connectivity index (χ3n) is 1.99. The van der Waals surface area contributed by atoms with E-state index in [1.54, 1.807) is 19.2 Å². The molecule has 0 aliphatic heterocycles. The lowest BCUT2D eigenvalue weighted by atomic mass is 10.3. The van der Waals surface area contributed by atoms with E-state index in [-0.39, 0.29) is 6.54 Å². The average molecular weight is 277 g/mol. The zero-order valence-electron chi connectivity index (χ0n) is 9.86. The lowest BCUT2D eigenvalue weighted by Crippen LogP contribution is -2.28. The maximum absolute atomic E-state index is 12.4. The number of rotatable bonds is 7. The van der Waals surface area contributed by atoms with Crippen molar-refractivity contribution in [1.29, 1.82) is 0 Å². The van der Waals surface area contributed by atoms with Gasteiger partial charge in [0.05, 0.1) is 18.8 Å². The highest BCUT2D eigenvalue weighted by Crippen LogP contribution is 2.10. The van der Waals surface area contributed by atoms with Crippen LogP contribution in [0, 0.1) is 0 Å². The second-order valence-electron chi connectivity index (χ2n) is 3.34. The number of hydrogen-bond donors (Lipinski definition) is 1. The van der Waals surface area contributed by atoms with Crippen molar-refractivity contribution in [2.24, 2.45) is 0 Å². The molecule has 5 nitrogen and oxygen atoms in total. The number of methoxy groups -OCH3 is 1. The molecule has 0 saturated heterocycles. The largest absolute Gasteiger partial charge is 0.491 e. The number of halogens is 2. The van der Waals surface area contributed by atoms with Gasteiger partial charge in [0, 0.05) is 19.4 Å². The number of alkyl halides is 2. The Bertz CT molecular complexity index is 390. The van der Waals surface area contributed by atoms with Gasteiger partial charge in [0.1, 0.15) is 12.4 Å². The van der Waals surface area contributed by atoms with Crippen molar-refractivity contribution < 1.29 is 18.7 Å². The molecule has 18 heavy (non-hydrogen) atoms. The summed E-state index contributed by atoms with van der Waals surface area (Å²) in [5, 5.41) is 2.30. The molecule has 1 atom stereocenters. The monoisotopic (exact) mass is 276 g/mol. The summed E-state index contributed by atoms with van der Waals surface area (Å²) in [5.74, 6) is -0.279. The standard InChI is InChI=1S/C11H14ClFN2O3/c1-17-4-5-18-9-2-3-14-8(6-9)7-15-11(16)10(12)13/h2-3,6,10H,4-5,7H2,1H3,(H,15,16). The van der Waals surface area contributed by atoms with Crippen LogP contribution in [-0.4, -0.2) is 36.8 Å². The minimum absolute atomic E-state index is 0.0907. The van der Waals surface area contributed by atoms with Crippen LogP contribution in [0.2, 0.25) is 0 Å². The summed E-state index contributed by atoms with van der Waals surface area (Å²) in [6.07, 6.45) is 1.54. The van der Waals surface area contributed by atoms with E-state index in [0.29, 0.717) is 24.7 Å². The summed E-state index contributed by atoms with van der Waals surface area (Å²) in [4.78, 5) is 14.9. The van der Waals surface area contributed by atoms with Crippen molar-refractivity contribution in [3.8, 4) is 5.75 Å². The van der Waals surface area contributed by atoms with E-state index in [1.165, 1.54) is 6.20 Å². The number of ether oxygens (including phenoxy) is 2. The van der Waals surface area contributed by atoms with Gasteiger partial charge in [0.15, 0.2) is 0 Å². The van der Waals surface area contributed by atoms with Gasteiger partial charge in [-0.2, -0.15) is 0 Å². The Morgan fingerprint density at radius 3 is 3.06 bits per heavy atom. The van der Waals surface area contributed by atoms with Crippen molar-refractivity contribution in [3.05, 3.63) is 24.0 Å². The molecule has 1 N–H and O–H groups in total. The maximum Gasteiger partial charge on any atom is 0.270 e. The number of carbonyl (C=O) groups excluding carboxylic acids is 1. The number of aromatic nitrogens is 1. The van der Waals surface area contributed by atoms with Crippen LogP contribution in [-0.2, 0) is 16.1 Å². The summed E-state index contributed by atoms with van der Waals surface area (Å²) in [6, 6.07) is 3.33. The van der Waals surface area contributed by atoms with Crippen LogP contribution in [0.25, 0.3) is 0 Å². The molecule has 0 aliphatic carbocycles. The van der Waals surface area contributed by atoms with Crippen molar-refractivity contribution in [2.75, 3.05) is 20.3 Å². The number of amides is 1. The minimum atomic E-state index is -2.05. The predicted octanol–water partition coefficient (Wildman–Crippen LogP) is 1.26. The van der Waals surface area contributed by atoms with Crippen LogP contribution in [0.15, 0.2) is 18.3 Å². The Labute approximate surface area is 109 Å². The molecular weight excluding hydrogens is 263 g/mol. The lowest BCUT2D eigenvalue weighted by molar-refractivity contribution is -0.123. The molecule has 7 heteroatoms. The highest BCUT2D eigenvalue weighted by molar-refractivity contribution is 6.29. The molecule has 0 radical (unpaired) electrons. The zero-order valence-corrected chi connectivity index (χ0v) is 10.6. The number of hydrogen-bond acceptors (Lipinski definition) is 4. The normalized spacial score (nSPS) is 11.9. The van der Waals surface area contributed by atoms with E-state index < -0.39 is 11.5 Å². The zero-order chi connectivity index (χ0) is 13.4. The first kappa shape index (κ1) is 14.7. The summed E-state index contributed by atoms with van der Waals surface area (Å²) in [5.41, 5.74) is -1.50. The molecule has 100 valence electrons. The summed E-state index contributed by atoms with van der Waals surface area (Å²) in [7, 11) is 1.58. The molecular formula is C11H14ClFN2O3. The van der Waals surface area contributed by atoms with Gasteiger partial charge in [-0.25, -0.2) is 4.39 Å². The van der Waals surface area contributed by atoms with Gasteiger partial charge in [-0.15, -0.1) is 0 Å². The Morgan fingerprint density at radius 2 is 2.39 bits per heavy atom. The van der Waals surface area contributed by atoms with Crippen LogP contribution in [0.5, 0.6) is 5.75 Å². The highest BCUT2D eigenvalue weighted by atomic mass is 35.5. The first-order chi connectivity index (χ1) is 8.63. The fourth-order valence-electron chi connectivity index (χ4n) is 1.14. The molecule has 1 aromatic rings. The first-order valence-corrected chi connectivity index (χ1v) is 5.69. The third-order valence-corrected chi connectivity index (χ3v) is 2.18. The van der Waals surface area contributed by atoms with Gasteiger partial charge >= 0.3 is 0 Å². The fraction of sp³-hybridized carbons (Fsp3) is 0.455. The quantitative estimate of drug-likeness (QED) is 0.602. The molecule has 0 bridgehead atoms. The maximum atomic E-state index is 12.4. The molecule has 0 aromatic carbocycles. The van der Waals surface area contributed by atoms with Gasteiger partial charge in [-0.05, 0) is 6.07 Å². The smallest absolute Gasteiger partial charge is 0.270 e. The van der Waals surface area contributed by atoms with Crippen LogP contribution in [0.3, 0.4) is 0 Å². The number of carbonyl (C=O) groups is 1. The Hall–Kier alpha value is -1.40. The first-order valence-electron chi connectivity index (χ1n) is 5.26. The Balaban J connectivity index is 2.46. The van der Waals surface area contributed by atoms with Crippen LogP contribution >= 0.6 is 11.6 Å².